The number of amides is 1. The van der Waals surface area contributed by atoms with Gasteiger partial charge in [0.2, 0.25) is 0 Å². The molecule has 2 heterocycles. The summed E-state index contributed by atoms with van der Waals surface area (Å²) >= 11 is 0. The second-order valence-electron chi connectivity index (χ2n) is 12.7. The lowest BCUT2D eigenvalue weighted by molar-refractivity contribution is 0.0950. The topological polar surface area (TPSA) is 98.0 Å². The van der Waals surface area contributed by atoms with Gasteiger partial charge in [-0.2, -0.15) is 0 Å². The number of pyridine rings is 1. The molecule has 0 spiro atoms. The summed E-state index contributed by atoms with van der Waals surface area (Å²) in [5.74, 6) is -0.707. The van der Waals surface area contributed by atoms with Gasteiger partial charge < -0.3 is 25.0 Å². The molecule has 0 radical (unpaired) electrons. The first kappa shape index (κ1) is 30.4. The number of rotatable bonds is 11. The van der Waals surface area contributed by atoms with Gasteiger partial charge in [0.1, 0.15) is 5.82 Å². The maximum absolute atomic E-state index is 15.1. The molecule has 0 bridgehead atoms. The van der Waals surface area contributed by atoms with Crippen LogP contribution in [0.2, 0.25) is 0 Å². The Morgan fingerprint density at radius 1 is 1.05 bits per heavy atom. The molecule has 1 aliphatic carbocycles. The van der Waals surface area contributed by atoms with Gasteiger partial charge >= 0.3 is 0 Å². The van der Waals surface area contributed by atoms with Gasteiger partial charge in [-0.05, 0) is 78.1 Å². The van der Waals surface area contributed by atoms with Crippen LogP contribution in [0.4, 0.5) is 4.39 Å². The van der Waals surface area contributed by atoms with Crippen LogP contribution >= 0.6 is 0 Å². The fourth-order valence-electron chi connectivity index (χ4n) is 5.70. The zero-order chi connectivity index (χ0) is 30.0. The monoisotopic (exact) mass is 578 g/mol. The summed E-state index contributed by atoms with van der Waals surface area (Å²) in [5, 5.41) is 23.4. The second kappa shape index (κ2) is 12.6. The third-order valence-corrected chi connectivity index (χ3v) is 8.52. The standard InChI is InChI=1S/C33H43FN4O4/c1-22-28(16-24(17-30(22)34)31(41)35-26-6-7-26)23-5-8-27-29(15-23)25(19-38(32(27)42)20-33(2,3)21-40)18-37-12-10-36(11-13-37)9-4-14-39/h5,8,15-17,19,26,39-40H,4,6-7,9-14,18,20-21H2,1-3H3,(H,35,41). The molecule has 226 valence electrons. The van der Waals surface area contributed by atoms with E-state index in [9.17, 15) is 19.8 Å². The quantitative estimate of drug-likeness (QED) is 0.322. The van der Waals surface area contributed by atoms with Crippen LogP contribution in [0, 0.1) is 18.2 Å². The van der Waals surface area contributed by atoms with Crippen molar-refractivity contribution in [3.8, 4) is 11.1 Å². The molecule has 8 nitrogen and oxygen atoms in total. The van der Waals surface area contributed by atoms with E-state index in [1.165, 1.54) is 6.07 Å². The van der Waals surface area contributed by atoms with E-state index in [0.29, 0.717) is 35.2 Å². The van der Waals surface area contributed by atoms with Gasteiger partial charge in [0, 0.05) is 87.6 Å². The molecular formula is C33H43FN4O4. The lowest BCUT2D eigenvalue weighted by atomic mass is 9.93. The van der Waals surface area contributed by atoms with Crippen LogP contribution in [-0.4, -0.2) is 82.5 Å². The minimum atomic E-state index is -0.469. The van der Waals surface area contributed by atoms with Crippen LogP contribution in [0.3, 0.4) is 0 Å². The number of aromatic nitrogens is 1. The predicted molar refractivity (Wildman–Crippen MR) is 163 cm³/mol. The van der Waals surface area contributed by atoms with E-state index in [1.54, 1.807) is 23.6 Å². The highest BCUT2D eigenvalue weighted by Gasteiger charge is 2.25. The van der Waals surface area contributed by atoms with Crippen LogP contribution in [0.15, 0.2) is 41.3 Å². The molecule has 0 unspecified atom stereocenters. The number of benzene rings is 2. The SMILES string of the molecule is Cc1c(F)cc(C(=O)NC2CC2)cc1-c1ccc2c(=O)n(CC(C)(C)CO)cc(CN3CCN(CCCO)CC3)c2c1. The summed E-state index contributed by atoms with van der Waals surface area (Å²) < 4.78 is 16.8. The van der Waals surface area contributed by atoms with E-state index in [1.807, 2.05) is 32.2 Å². The van der Waals surface area contributed by atoms with E-state index in [2.05, 4.69) is 15.1 Å². The first-order valence-electron chi connectivity index (χ1n) is 15.0. The van der Waals surface area contributed by atoms with Gasteiger partial charge in [0.05, 0.1) is 0 Å². The number of nitrogens with one attached hydrogen (secondary N) is 1. The molecular weight excluding hydrogens is 535 g/mol. The number of carbonyl (C=O) groups excluding carboxylic acids is 1. The molecule has 3 aromatic rings. The average molecular weight is 579 g/mol. The maximum Gasteiger partial charge on any atom is 0.258 e. The first-order chi connectivity index (χ1) is 20.1. The van der Waals surface area contributed by atoms with Crippen molar-refractivity contribution in [1.29, 1.82) is 0 Å². The Labute approximate surface area is 246 Å². The molecule has 3 N–H and O–H groups in total. The van der Waals surface area contributed by atoms with Gasteiger partial charge in [0.15, 0.2) is 0 Å². The van der Waals surface area contributed by atoms with Crippen molar-refractivity contribution in [3.05, 3.63) is 69.4 Å². The Morgan fingerprint density at radius 3 is 2.43 bits per heavy atom. The zero-order valence-corrected chi connectivity index (χ0v) is 25.0. The van der Waals surface area contributed by atoms with E-state index in [-0.39, 0.29) is 30.7 Å². The highest BCUT2D eigenvalue weighted by molar-refractivity contribution is 5.97. The Kier molecular flexibility index (Phi) is 9.13. The molecule has 1 aromatic heterocycles. The molecule has 0 atom stereocenters. The number of hydrogen-bond acceptors (Lipinski definition) is 6. The number of fused-ring (bicyclic) bond motifs is 1. The lowest BCUT2D eigenvalue weighted by Crippen LogP contribution is -2.46. The van der Waals surface area contributed by atoms with Crippen molar-refractivity contribution in [2.45, 2.75) is 59.2 Å². The molecule has 2 aromatic carbocycles. The maximum atomic E-state index is 15.1. The third kappa shape index (κ3) is 6.92. The van der Waals surface area contributed by atoms with Crippen molar-refractivity contribution >= 4 is 16.7 Å². The number of aliphatic hydroxyl groups excluding tert-OH is 2. The molecule has 1 aliphatic heterocycles. The van der Waals surface area contributed by atoms with Gasteiger partial charge in [-0.25, -0.2) is 4.39 Å². The van der Waals surface area contributed by atoms with Crippen LogP contribution in [0.25, 0.3) is 21.9 Å². The normalized spacial score (nSPS) is 16.7. The number of nitrogens with zero attached hydrogens (tertiary/aromatic N) is 3. The van der Waals surface area contributed by atoms with Crippen LogP contribution in [0.1, 0.15) is 54.6 Å². The third-order valence-electron chi connectivity index (χ3n) is 8.52. The summed E-state index contributed by atoms with van der Waals surface area (Å²) in [4.78, 5) is 31.2. The Morgan fingerprint density at radius 2 is 1.76 bits per heavy atom. The number of aliphatic hydroxyl groups is 2. The first-order valence-corrected chi connectivity index (χ1v) is 15.0. The van der Waals surface area contributed by atoms with Crippen LogP contribution in [-0.2, 0) is 13.1 Å². The van der Waals surface area contributed by atoms with Crippen molar-refractivity contribution in [1.82, 2.24) is 19.7 Å². The minimum Gasteiger partial charge on any atom is -0.396 e. The molecule has 1 saturated heterocycles. The van der Waals surface area contributed by atoms with Crippen molar-refractivity contribution in [2.24, 2.45) is 5.41 Å². The number of hydrogen-bond donors (Lipinski definition) is 3. The highest BCUT2D eigenvalue weighted by Crippen LogP contribution is 2.31. The predicted octanol–water partition coefficient (Wildman–Crippen LogP) is 3.53. The van der Waals surface area contributed by atoms with E-state index < -0.39 is 11.2 Å². The smallest absolute Gasteiger partial charge is 0.258 e. The molecule has 2 fully saturated rings. The lowest BCUT2D eigenvalue weighted by Gasteiger charge is -2.35. The van der Waals surface area contributed by atoms with Crippen molar-refractivity contribution in [3.63, 3.8) is 0 Å². The van der Waals surface area contributed by atoms with Gasteiger partial charge in [-0.1, -0.05) is 19.9 Å². The van der Waals surface area contributed by atoms with Crippen molar-refractivity contribution in [2.75, 3.05) is 45.9 Å². The fraction of sp³-hybridized carbons (Fsp3) is 0.515. The van der Waals surface area contributed by atoms with E-state index in [4.69, 9.17) is 0 Å². The van der Waals surface area contributed by atoms with Crippen LogP contribution < -0.4 is 10.9 Å². The Hall–Kier alpha value is -3.11. The molecule has 2 aliphatic rings. The number of halogens is 1. The Balaban J connectivity index is 1.54. The molecule has 9 heteroatoms. The summed E-state index contributed by atoms with van der Waals surface area (Å²) in [5.41, 5.74) is 2.52. The fourth-order valence-corrected chi connectivity index (χ4v) is 5.70. The van der Waals surface area contributed by atoms with E-state index >= 15 is 4.39 Å². The summed E-state index contributed by atoms with van der Waals surface area (Å²) in [6.07, 6.45) is 4.58. The summed E-state index contributed by atoms with van der Waals surface area (Å²) in [6.45, 7) is 11.2. The molecule has 1 saturated carbocycles. The van der Waals surface area contributed by atoms with E-state index in [0.717, 1.165) is 68.5 Å². The molecule has 42 heavy (non-hydrogen) atoms. The number of carbonyl (C=O) groups is 1. The Bertz CT molecular complexity index is 1510. The second-order valence-corrected chi connectivity index (χ2v) is 12.7. The summed E-state index contributed by atoms with van der Waals surface area (Å²) in [7, 11) is 0. The van der Waals surface area contributed by atoms with Gasteiger partial charge in [-0.3, -0.25) is 14.5 Å². The average Bonchev–Trinajstić information content (AvgIpc) is 3.80. The highest BCUT2D eigenvalue weighted by atomic mass is 19.1. The molecule has 5 rings (SSSR count). The summed E-state index contributed by atoms with van der Waals surface area (Å²) in [6, 6.07) is 8.80. The van der Waals surface area contributed by atoms with Gasteiger partial charge in [-0.15, -0.1) is 0 Å². The van der Waals surface area contributed by atoms with Crippen LogP contribution in [0.5, 0.6) is 0 Å². The molecule has 1 amide bonds. The van der Waals surface area contributed by atoms with Crippen molar-refractivity contribution < 1.29 is 19.4 Å². The van der Waals surface area contributed by atoms with Gasteiger partial charge in [0.25, 0.3) is 11.5 Å². The largest absolute Gasteiger partial charge is 0.396 e. The minimum absolute atomic E-state index is 0.0446. The number of piperazine rings is 1. The zero-order valence-electron chi connectivity index (χ0n) is 25.0.